The van der Waals surface area contributed by atoms with Gasteiger partial charge >= 0.3 is 6.03 Å². The van der Waals surface area contributed by atoms with Crippen molar-refractivity contribution in [2.75, 3.05) is 12.0 Å². The second kappa shape index (κ2) is 9.52. The van der Waals surface area contributed by atoms with Crippen LogP contribution in [-0.4, -0.2) is 19.0 Å². The fourth-order valence-electron chi connectivity index (χ4n) is 3.23. The molecule has 0 radical (unpaired) electrons. The van der Waals surface area contributed by atoms with E-state index in [1.54, 1.807) is 48.5 Å². The van der Waals surface area contributed by atoms with Gasteiger partial charge in [0.05, 0.1) is 17.8 Å². The Morgan fingerprint density at radius 2 is 1.73 bits per heavy atom. The van der Waals surface area contributed by atoms with E-state index in [9.17, 15) is 14.0 Å². The average Bonchev–Trinajstić information content (AvgIpc) is 3.07. The quantitative estimate of drug-likeness (QED) is 0.352. The second-order valence-corrected chi connectivity index (χ2v) is 7.90. The van der Waals surface area contributed by atoms with Crippen molar-refractivity contribution in [1.29, 1.82) is 0 Å². The van der Waals surface area contributed by atoms with Crippen LogP contribution in [0.15, 0.2) is 66.4 Å². The highest BCUT2D eigenvalue weighted by Gasteiger charge is 2.34. The lowest BCUT2D eigenvalue weighted by atomic mass is 10.1. The summed E-state index contributed by atoms with van der Waals surface area (Å²) in [6, 6.07) is 14.9. The highest BCUT2D eigenvalue weighted by Crippen LogP contribution is 2.38. The van der Waals surface area contributed by atoms with Crippen molar-refractivity contribution in [2.45, 2.75) is 6.61 Å². The lowest BCUT2D eigenvalue weighted by Gasteiger charge is -2.14. The van der Waals surface area contributed by atoms with E-state index in [1.165, 1.54) is 25.3 Å². The summed E-state index contributed by atoms with van der Waals surface area (Å²) in [6.07, 6.45) is 1.49. The molecule has 1 saturated heterocycles. The molecule has 0 saturated carbocycles. The molecule has 0 aliphatic carbocycles. The SMILES string of the molecule is COc1cc(/C=C2/NC(=O)N(c3ccc(Cl)cc3)C2=O)cc(Cl)c1OCc1ccc(F)cc1. The number of methoxy groups -OCH3 is 1. The molecule has 1 heterocycles. The van der Waals surface area contributed by atoms with E-state index in [1.807, 2.05) is 0 Å². The van der Waals surface area contributed by atoms with Crippen molar-refractivity contribution < 1.29 is 23.5 Å². The van der Waals surface area contributed by atoms with Crippen LogP contribution in [0.2, 0.25) is 10.0 Å². The van der Waals surface area contributed by atoms with E-state index >= 15 is 0 Å². The van der Waals surface area contributed by atoms with Crippen molar-refractivity contribution in [3.05, 3.63) is 93.4 Å². The molecule has 4 rings (SSSR count). The van der Waals surface area contributed by atoms with E-state index in [0.717, 1.165) is 10.5 Å². The van der Waals surface area contributed by atoms with Crippen molar-refractivity contribution in [3.63, 3.8) is 0 Å². The molecule has 1 aliphatic rings. The van der Waals surface area contributed by atoms with Gasteiger partial charge in [-0.25, -0.2) is 14.1 Å². The summed E-state index contributed by atoms with van der Waals surface area (Å²) in [5, 5.41) is 3.29. The largest absolute Gasteiger partial charge is 0.493 e. The van der Waals surface area contributed by atoms with Gasteiger partial charge in [0.2, 0.25) is 0 Å². The maximum Gasteiger partial charge on any atom is 0.333 e. The molecule has 168 valence electrons. The highest BCUT2D eigenvalue weighted by molar-refractivity contribution is 6.33. The second-order valence-electron chi connectivity index (χ2n) is 7.05. The van der Waals surface area contributed by atoms with Crippen LogP contribution in [0.5, 0.6) is 11.5 Å². The van der Waals surface area contributed by atoms with Crippen molar-refractivity contribution in [2.24, 2.45) is 0 Å². The Bertz CT molecular complexity index is 1240. The van der Waals surface area contributed by atoms with Gasteiger partial charge in [-0.15, -0.1) is 0 Å². The van der Waals surface area contributed by atoms with Gasteiger partial charge in [0, 0.05) is 5.02 Å². The first kappa shape index (κ1) is 22.6. The monoisotopic (exact) mass is 486 g/mol. The Labute approximate surface area is 199 Å². The van der Waals surface area contributed by atoms with E-state index in [0.29, 0.717) is 27.8 Å². The first-order valence-electron chi connectivity index (χ1n) is 9.73. The number of rotatable bonds is 6. The topological polar surface area (TPSA) is 67.9 Å². The maximum absolute atomic E-state index is 13.1. The van der Waals surface area contributed by atoms with Gasteiger partial charge in [0.25, 0.3) is 5.91 Å². The zero-order valence-corrected chi connectivity index (χ0v) is 18.8. The van der Waals surface area contributed by atoms with Gasteiger partial charge in [-0.3, -0.25) is 4.79 Å². The Hall–Kier alpha value is -3.55. The average molecular weight is 487 g/mol. The van der Waals surface area contributed by atoms with E-state index in [4.69, 9.17) is 32.7 Å². The molecule has 1 fully saturated rings. The van der Waals surface area contributed by atoms with Crippen molar-refractivity contribution in [3.8, 4) is 11.5 Å². The lowest BCUT2D eigenvalue weighted by molar-refractivity contribution is -0.113. The summed E-state index contributed by atoms with van der Waals surface area (Å²) >= 11 is 12.3. The lowest BCUT2D eigenvalue weighted by Crippen LogP contribution is -2.30. The minimum absolute atomic E-state index is 0.0769. The van der Waals surface area contributed by atoms with E-state index < -0.39 is 11.9 Å². The molecule has 9 heteroatoms. The van der Waals surface area contributed by atoms with Crippen molar-refractivity contribution >= 4 is 46.9 Å². The van der Waals surface area contributed by atoms with Crippen LogP contribution < -0.4 is 19.7 Å². The smallest absolute Gasteiger partial charge is 0.333 e. The molecule has 0 unspecified atom stereocenters. The first-order valence-corrected chi connectivity index (χ1v) is 10.5. The number of urea groups is 1. The van der Waals surface area contributed by atoms with Gasteiger partial charge in [-0.05, 0) is 65.7 Å². The number of amides is 3. The summed E-state index contributed by atoms with van der Waals surface area (Å²) < 4.78 is 24.3. The number of hydrogen-bond donors (Lipinski definition) is 1. The van der Waals surface area contributed by atoms with E-state index in [2.05, 4.69) is 5.32 Å². The number of anilines is 1. The number of nitrogens with one attached hydrogen (secondary N) is 1. The number of imide groups is 1. The third-order valence-corrected chi connectivity index (χ3v) is 5.35. The molecule has 0 atom stereocenters. The molecule has 0 aromatic heterocycles. The zero-order valence-electron chi connectivity index (χ0n) is 17.3. The number of nitrogens with zero attached hydrogens (tertiary/aromatic N) is 1. The highest BCUT2D eigenvalue weighted by atomic mass is 35.5. The molecule has 3 aromatic rings. The fraction of sp³-hybridized carbons (Fsp3) is 0.0833. The fourth-order valence-corrected chi connectivity index (χ4v) is 3.63. The van der Waals surface area contributed by atoms with Gasteiger partial charge in [-0.1, -0.05) is 35.3 Å². The predicted octanol–water partition coefficient (Wildman–Crippen LogP) is 5.82. The van der Waals surface area contributed by atoms with Crippen LogP contribution in [0.1, 0.15) is 11.1 Å². The molecular weight excluding hydrogens is 470 g/mol. The van der Waals surface area contributed by atoms with Crippen LogP contribution in [0.3, 0.4) is 0 Å². The molecule has 1 N–H and O–H groups in total. The Kier molecular flexibility index (Phi) is 6.53. The van der Waals surface area contributed by atoms with Gasteiger partial charge in [-0.2, -0.15) is 0 Å². The van der Waals surface area contributed by atoms with Crippen LogP contribution in [0, 0.1) is 5.82 Å². The summed E-state index contributed by atoms with van der Waals surface area (Å²) in [5.41, 5.74) is 1.74. The van der Waals surface area contributed by atoms with Crippen LogP contribution in [-0.2, 0) is 11.4 Å². The van der Waals surface area contributed by atoms with E-state index in [-0.39, 0.29) is 23.1 Å². The zero-order chi connectivity index (χ0) is 23.5. The number of ether oxygens (including phenoxy) is 2. The van der Waals surface area contributed by atoms with Gasteiger partial charge in [0.15, 0.2) is 11.5 Å². The third-order valence-electron chi connectivity index (χ3n) is 4.82. The molecule has 3 amide bonds. The summed E-state index contributed by atoms with van der Waals surface area (Å²) in [4.78, 5) is 26.2. The summed E-state index contributed by atoms with van der Waals surface area (Å²) in [5.74, 6) is -0.220. The Morgan fingerprint density at radius 1 is 1.03 bits per heavy atom. The van der Waals surface area contributed by atoms with Crippen LogP contribution in [0.4, 0.5) is 14.9 Å². The summed E-state index contributed by atoms with van der Waals surface area (Å²) in [7, 11) is 1.46. The molecule has 0 spiro atoms. The number of benzene rings is 3. The minimum Gasteiger partial charge on any atom is -0.493 e. The molecule has 6 nitrogen and oxygen atoms in total. The van der Waals surface area contributed by atoms with Gasteiger partial charge in [0.1, 0.15) is 18.1 Å². The normalized spacial score (nSPS) is 14.5. The number of carbonyl (C=O) groups is 2. The maximum atomic E-state index is 13.1. The van der Waals surface area contributed by atoms with Crippen molar-refractivity contribution in [1.82, 2.24) is 5.32 Å². The standard InChI is InChI=1S/C24H17Cl2FN2O4/c1-32-21-12-15(10-19(26)22(21)33-13-14-2-6-17(27)7-3-14)11-20-23(30)29(24(31)28-20)18-8-4-16(25)5-9-18/h2-12H,13H2,1H3,(H,28,31)/b20-11+. The summed E-state index contributed by atoms with van der Waals surface area (Å²) in [6.45, 7) is 0.154. The number of hydrogen-bond acceptors (Lipinski definition) is 4. The number of halogens is 3. The van der Waals surface area contributed by atoms with Crippen LogP contribution in [0.25, 0.3) is 6.08 Å². The predicted molar refractivity (Wildman–Crippen MR) is 124 cm³/mol. The third kappa shape index (κ3) is 4.94. The van der Waals surface area contributed by atoms with Crippen LogP contribution >= 0.6 is 23.2 Å². The molecular formula is C24H17Cl2FN2O4. The molecule has 33 heavy (non-hydrogen) atoms. The molecule has 1 aliphatic heterocycles. The van der Waals surface area contributed by atoms with Gasteiger partial charge < -0.3 is 14.8 Å². The molecule has 0 bridgehead atoms. The number of carbonyl (C=O) groups excluding carboxylic acids is 2. The Morgan fingerprint density at radius 3 is 2.39 bits per heavy atom. The Balaban J connectivity index is 1.57. The first-order chi connectivity index (χ1) is 15.9. The molecule has 3 aromatic carbocycles. The minimum atomic E-state index is -0.578.